The Morgan fingerprint density at radius 2 is 2.30 bits per heavy atom. The summed E-state index contributed by atoms with van der Waals surface area (Å²) in [4.78, 5) is 36.3. The number of fused-ring (bicyclic) bond motifs is 1. The highest BCUT2D eigenvalue weighted by Gasteiger charge is 2.25. The summed E-state index contributed by atoms with van der Waals surface area (Å²) in [6.45, 7) is 3.75. The maximum absolute atomic E-state index is 12.2. The van der Waals surface area contributed by atoms with Gasteiger partial charge in [-0.05, 0) is 33.1 Å². The molecule has 2 N–H and O–H groups in total. The number of aromatic amines is 1. The van der Waals surface area contributed by atoms with Gasteiger partial charge in [-0.15, -0.1) is 11.3 Å². The Labute approximate surface area is 142 Å². The molecule has 0 spiro atoms. The van der Waals surface area contributed by atoms with E-state index < -0.39 is 0 Å². The van der Waals surface area contributed by atoms with Crippen LogP contribution in [0.1, 0.15) is 40.2 Å². The molecule has 2 heterocycles. The number of aromatic nitrogens is 3. The maximum atomic E-state index is 12.2. The number of carbonyl (C=O) groups is 1. The molecule has 0 aliphatic heterocycles. The molecule has 0 saturated carbocycles. The molecule has 3 rings (SSSR count). The smallest absolute Gasteiger partial charge is 0.251 e. The summed E-state index contributed by atoms with van der Waals surface area (Å²) in [6, 6.07) is 1.43. The highest BCUT2D eigenvalue weighted by molar-refractivity contribution is 7.99. The van der Waals surface area contributed by atoms with Gasteiger partial charge in [-0.25, -0.2) is 9.97 Å². The van der Waals surface area contributed by atoms with Crippen molar-refractivity contribution < 1.29 is 4.79 Å². The van der Waals surface area contributed by atoms with Crippen LogP contribution in [0.2, 0.25) is 0 Å². The van der Waals surface area contributed by atoms with Crippen LogP contribution in [0.25, 0.3) is 0 Å². The van der Waals surface area contributed by atoms with Crippen molar-refractivity contribution in [3.8, 4) is 0 Å². The Kier molecular flexibility index (Phi) is 4.82. The van der Waals surface area contributed by atoms with Crippen molar-refractivity contribution in [2.24, 2.45) is 0 Å². The number of hydrogen-bond acceptors (Lipinski definition) is 6. The van der Waals surface area contributed by atoms with Crippen LogP contribution in [0.4, 0.5) is 0 Å². The zero-order chi connectivity index (χ0) is 16.4. The number of thioether (sulfide) groups is 1. The first-order valence-corrected chi connectivity index (χ1v) is 9.28. The molecule has 0 radical (unpaired) electrons. The molecule has 1 amide bonds. The fourth-order valence-corrected chi connectivity index (χ4v) is 4.44. The second-order valence-electron chi connectivity index (χ2n) is 5.53. The van der Waals surface area contributed by atoms with E-state index in [0.29, 0.717) is 10.9 Å². The highest BCUT2D eigenvalue weighted by Crippen LogP contribution is 2.33. The third-order valence-electron chi connectivity index (χ3n) is 3.58. The highest BCUT2D eigenvalue weighted by atomic mass is 32.2. The molecule has 122 valence electrons. The monoisotopic (exact) mass is 350 g/mol. The van der Waals surface area contributed by atoms with E-state index in [1.165, 1.54) is 22.7 Å². The van der Waals surface area contributed by atoms with Gasteiger partial charge in [-0.2, -0.15) is 0 Å². The van der Waals surface area contributed by atoms with Crippen LogP contribution >= 0.6 is 23.1 Å². The van der Waals surface area contributed by atoms with E-state index in [2.05, 4.69) is 20.3 Å². The molecular formula is C15H18N4O2S2. The number of nitrogens with zero attached hydrogens (tertiary/aromatic N) is 2. The van der Waals surface area contributed by atoms with Crippen LogP contribution in [0, 0.1) is 13.8 Å². The number of rotatable bonds is 4. The molecule has 2 aromatic heterocycles. The number of nitrogens with one attached hydrogen (secondary N) is 2. The average Bonchev–Trinajstić information content (AvgIpc) is 2.86. The van der Waals surface area contributed by atoms with Crippen LogP contribution in [0.15, 0.2) is 16.0 Å². The molecule has 0 aromatic carbocycles. The van der Waals surface area contributed by atoms with E-state index in [1.54, 1.807) is 18.3 Å². The normalized spacial score (nSPS) is 16.9. The van der Waals surface area contributed by atoms with Gasteiger partial charge >= 0.3 is 0 Å². The summed E-state index contributed by atoms with van der Waals surface area (Å²) >= 11 is 2.95. The molecule has 1 atom stereocenters. The predicted octanol–water partition coefficient (Wildman–Crippen LogP) is 2.13. The van der Waals surface area contributed by atoms with Crippen molar-refractivity contribution in [3.63, 3.8) is 0 Å². The van der Waals surface area contributed by atoms with Gasteiger partial charge in [-0.1, -0.05) is 11.8 Å². The number of aryl methyl sites for hydroxylation is 3. The Morgan fingerprint density at radius 3 is 3.09 bits per heavy atom. The van der Waals surface area contributed by atoms with Crippen LogP contribution in [0.5, 0.6) is 0 Å². The lowest BCUT2D eigenvalue weighted by atomic mass is 9.98. The number of carbonyl (C=O) groups excluding carboxylic acids is 1. The first-order valence-electron chi connectivity index (χ1n) is 7.47. The van der Waals surface area contributed by atoms with Gasteiger partial charge in [-0.3, -0.25) is 9.59 Å². The minimum atomic E-state index is -0.199. The summed E-state index contributed by atoms with van der Waals surface area (Å²) in [7, 11) is 0. The lowest BCUT2D eigenvalue weighted by Crippen LogP contribution is -2.32. The van der Waals surface area contributed by atoms with Gasteiger partial charge in [0.05, 0.1) is 22.5 Å². The zero-order valence-electron chi connectivity index (χ0n) is 13.0. The van der Waals surface area contributed by atoms with Gasteiger partial charge in [0.15, 0.2) is 5.16 Å². The Balaban J connectivity index is 1.61. The van der Waals surface area contributed by atoms with E-state index in [0.717, 1.165) is 30.0 Å². The Hall–Kier alpha value is -1.67. The molecule has 6 nitrogen and oxygen atoms in total. The van der Waals surface area contributed by atoms with E-state index in [9.17, 15) is 9.59 Å². The molecule has 1 aliphatic carbocycles. The fraction of sp³-hybridized carbons (Fsp3) is 0.467. The van der Waals surface area contributed by atoms with Gasteiger partial charge in [0, 0.05) is 16.6 Å². The van der Waals surface area contributed by atoms with Crippen LogP contribution in [0.3, 0.4) is 0 Å². The fourth-order valence-electron chi connectivity index (χ4n) is 2.67. The largest absolute Gasteiger partial charge is 0.347 e. The molecule has 0 saturated heterocycles. The topological polar surface area (TPSA) is 87.7 Å². The van der Waals surface area contributed by atoms with Crippen LogP contribution < -0.4 is 10.9 Å². The molecule has 0 bridgehead atoms. The maximum Gasteiger partial charge on any atom is 0.251 e. The summed E-state index contributed by atoms with van der Waals surface area (Å²) in [5.41, 5.74) is 1.47. The minimum absolute atomic E-state index is 0.00122. The van der Waals surface area contributed by atoms with Crippen molar-refractivity contribution >= 4 is 29.0 Å². The number of hydrogen-bond donors (Lipinski definition) is 2. The second kappa shape index (κ2) is 6.84. The minimum Gasteiger partial charge on any atom is -0.347 e. The number of amides is 1. The van der Waals surface area contributed by atoms with E-state index >= 15 is 0 Å². The van der Waals surface area contributed by atoms with Crippen molar-refractivity contribution in [2.45, 2.75) is 44.3 Å². The first-order chi connectivity index (χ1) is 11.0. The van der Waals surface area contributed by atoms with E-state index in [-0.39, 0.29) is 23.3 Å². The Bertz CT molecular complexity index is 784. The molecule has 1 aliphatic rings. The summed E-state index contributed by atoms with van der Waals surface area (Å²) < 4.78 is 0. The zero-order valence-corrected chi connectivity index (χ0v) is 14.6. The molecule has 8 heteroatoms. The molecule has 0 unspecified atom stereocenters. The van der Waals surface area contributed by atoms with Crippen molar-refractivity contribution in [2.75, 3.05) is 5.75 Å². The quantitative estimate of drug-likeness (QED) is 0.651. The molecule has 0 fully saturated rings. The average molecular weight is 350 g/mol. The first kappa shape index (κ1) is 16.2. The second-order valence-corrected chi connectivity index (χ2v) is 7.79. The van der Waals surface area contributed by atoms with Gasteiger partial charge in [0.2, 0.25) is 5.91 Å². The van der Waals surface area contributed by atoms with Crippen molar-refractivity contribution in [1.82, 2.24) is 20.3 Å². The lowest BCUT2D eigenvalue weighted by Gasteiger charge is -2.22. The van der Waals surface area contributed by atoms with Crippen molar-refractivity contribution in [1.29, 1.82) is 0 Å². The number of H-pyrrole nitrogens is 1. The molecule has 2 aromatic rings. The van der Waals surface area contributed by atoms with Crippen LogP contribution in [-0.2, 0) is 11.2 Å². The SMILES string of the molecule is Cc1cc(=O)[nH]c(SCC(=O)N[C@H]2CCCc3sc(C)nc32)n1. The van der Waals surface area contributed by atoms with E-state index in [4.69, 9.17) is 0 Å². The third-order valence-corrected chi connectivity index (χ3v) is 5.50. The Morgan fingerprint density at radius 1 is 1.48 bits per heavy atom. The van der Waals surface area contributed by atoms with Crippen molar-refractivity contribution in [3.05, 3.63) is 37.7 Å². The summed E-state index contributed by atoms with van der Waals surface area (Å²) in [6.07, 6.45) is 3.04. The summed E-state index contributed by atoms with van der Waals surface area (Å²) in [5.74, 6) is 0.157. The van der Waals surface area contributed by atoms with Gasteiger partial charge in [0.25, 0.3) is 5.56 Å². The molecule has 23 heavy (non-hydrogen) atoms. The standard InChI is InChI=1S/C15H18N4O2S2/c1-8-6-12(20)19-15(16-8)22-7-13(21)18-10-4-3-5-11-14(10)17-9(2)23-11/h6,10H,3-5,7H2,1-2H3,(H,18,21)(H,16,19,20)/t10-/m0/s1. The predicted molar refractivity (Wildman–Crippen MR) is 91.0 cm³/mol. The summed E-state index contributed by atoms with van der Waals surface area (Å²) in [5, 5.41) is 4.57. The van der Waals surface area contributed by atoms with Crippen LogP contribution in [-0.4, -0.2) is 26.6 Å². The third kappa shape index (κ3) is 4.00. The van der Waals surface area contributed by atoms with Gasteiger partial charge < -0.3 is 10.3 Å². The molecular weight excluding hydrogens is 332 g/mol. The van der Waals surface area contributed by atoms with E-state index in [1.807, 2.05) is 6.92 Å². The lowest BCUT2D eigenvalue weighted by molar-refractivity contribution is -0.119. The number of thiazole rings is 1. The van der Waals surface area contributed by atoms with Gasteiger partial charge in [0.1, 0.15) is 0 Å².